The van der Waals surface area contributed by atoms with Crippen molar-refractivity contribution in [2.24, 2.45) is 0 Å². The second-order valence-electron chi connectivity index (χ2n) is 4.38. The molecule has 14 heavy (non-hydrogen) atoms. The van der Waals surface area contributed by atoms with Crippen LogP contribution < -0.4 is 10.6 Å². The molecule has 3 atom stereocenters. The van der Waals surface area contributed by atoms with E-state index in [4.69, 9.17) is 0 Å². The average Bonchev–Trinajstić information content (AvgIpc) is 2.66. The van der Waals surface area contributed by atoms with E-state index < -0.39 is 0 Å². The van der Waals surface area contributed by atoms with E-state index in [1.54, 1.807) is 0 Å². The van der Waals surface area contributed by atoms with Gasteiger partial charge in [-0.15, -0.1) is 0 Å². The van der Waals surface area contributed by atoms with Crippen LogP contribution in [0.4, 0.5) is 0 Å². The normalized spacial score (nSPS) is 26.4. The summed E-state index contributed by atoms with van der Waals surface area (Å²) in [5.41, 5.74) is 0. The topological polar surface area (TPSA) is 24.1 Å². The Hall–Kier alpha value is 0.270. The predicted molar refractivity (Wildman–Crippen MR) is 66.1 cm³/mol. The molecule has 1 aliphatic heterocycles. The van der Waals surface area contributed by atoms with Gasteiger partial charge in [-0.3, -0.25) is 0 Å². The Morgan fingerprint density at radius 1 is 1.50 bits per heavy atom. The molecular weight excluding hydrogens is 192 g/mol. The van der Waals surface area contributed by atoms with Gasteiger partial charge in [-0.1, -0.05) is 6.92 Å². The van der Waals surface area contributed by atoms with Gasteiger partial charge in [-0.25, -0.2) is 0 Å². The zero-order chi connectivity index (χ0) is 10.4. The highest BCUT2D eigenvalue weighted by Crippen LogP contribution is 2.11. The maximum absolute atomic E-state index is 3.60. The van der Waals surface area contributed by atoms with E-state index in [0.29, 0.717) is 6.04 Å². The van der Waals surface area contributed by atoms with Crippen molar-refractivity contribution in [2.75, 3.05) is 19.3 Å². The standard InChI is InChI=1S/C11H24N2S/c1-9(13-8-10(2)14-3)7-11-5-4-6-12-11/h9-13H,4-8H2,1-3H3. The minimum absolute atomic E-state index is 0.653. The first-order valence-electron chi connectivity index (χ1n) is 5.72. The van der Waals surface area contributed by atoms with Gasteiger partial charge in [-0.05, 0) is 39.0 Å². The molecule has 0 aromatic carbocycles. The molecule has 3 unspecified atom stereocenters. The van der Waals surface area contributed by atoms with E-state index in [-0.39, 0.29) is 0 Å². The van der Waals surface area contributed by atoms with Crippen molar-refractivity contribution in [1.29, 1.82) is 0 Å². The summed E-state index contributed by atoms with van der Waals surface area (Å²) in [4.78, 5) is 0. The number of hydrogen-bond donors (Lipinski definition) is 2. The second-order valence-corrected chi connectivity index (χ2v) is 5.66. The molecule has 1 rings (SSSR count). The fourth-order valence-corrected chi connectivity index (χ4v) is 2.18. The van der Waals surface area contributed by atoms with E-state index in [2.05, 4.69) is 30.7 Å². The van der Waals surface area contributed by atoms with Crippen LogP contribution in [0.3, 0.4) is 0 Å². The lowest BCUT2D eigenvalue weighted by Gasteiger charge is -2.19. The van der Waals surface area contributed by atoms with Gasteiger partial charge in [0.25, 0.3) is 0 Å². The molecule has 1 heterocycles. The van der Waals surface area contributed by atoms with Crippen molar-refractivity contribution < 1.29 is 0 Å². The zero-order valence-electron chi connectivity index (χ0n) is 9.68. The Labute approximate surface area is 92.6 Å². The predicted octanol–water partition coefficient (Wildman–Crippen LogP) is 1.86. The number of rotatable bonds is 6. The second kappa shape index (κ2) is 6.70. The fourth-order valence-electron chi connectivity index (χ4n) is 1.92. The van der Waals surface area contributed by atoms with E-state index in [0.717, 1.165) is 17.8 Å². The van der Waals surface area contributed by atoms with Gasteiger partial charge in [0.1, 0.15) is 0 Å². The molecule has 0 aromatic rings. The van der Waals surface area contributed by atoms with Gasteiger partial charge >= 0.3 is 0 Å². The van der Waals surface area contributed by atoms with Crippen molar-refractivity contribution in [3.8, 4) is 0 Å². The quantitative estimate of drug-likeness (QED) is 0.709. The van der Waals surface area contributed by atoms with E-state index in [1.165, 1.54) is 25.8 Å². The Morgan fingerprint density at radius 3 is 2.86 bits per heavy atom. The number of thioether (sulfide) groups is 1. The zero-order valence-corrected chi connectivity index (χ0v) is 10.5. The van der Waals surface area contributed by atoms with Crippen molar-refractivity contribution >= 4 is 11.8 Å². The largest absolute Gasteiger partial charge is 0.314 e. The first-order chi connectivity index (χ1) is 6.72. The first-order valence-corrected chi connectivity index (χ1v) is 7.00. The Morgan fingerprint density at radius 2 is 2.29 bits per heavy atom. The van der Waals surface area contributed by atoms with Crippen LogP contribution in [0.25, 0.3) is 0 Å². The van der Waals surface area contributed by atoms with Crippen LogP contribution >= 0.6 is 11.8 Å². The first kappa shape index (κ1) is 12.3. The summed E-state index contributed by atoms with van der Waals surface area (Å²) in [7, 11) is 0. The molecule has 1 saturated heterocycles. The third kappa shape index (κ3) is 4.67. The van der Waals surface area contributed by atoms with Crippen LogP contribution in [-0.2, 0) is 0 Å². The van der Waals surface area contributed by atoms with Gasteiger partial charge in [-0.2, -0.15) is 11.8 Å². The summed E-state index contributed by atoms with van der Waals surface area (Å²) in [6, 6.07) is 1.42. The van der Waals surface area contributed by atoms with Gasteiger partial charge in [0.05, 0.1) is 0 Å². The smallest absolute Gasteiger partial charge is 0.0141 e. The molecule has 2 nitrogen and oxygen atoms in total. The van der Waals surface area contributed by atoms with Crippen LogP contribution in [0.5, 0.6) is 0 Å². The summed E-state index contributed by atoms with van der Waals surface area (Å²) < 4.78 is 0. The lowest BCUT2D eigenvalue weighted by Crippen LogP contribution is -2.36. The molecule has 0 radical (unpaired) electrons. The highest BCUT2D eigenvalue weighted by molar-refractivity contribution is 7.99. The highest BCUT2D eigenvalue weighted by Gasteiger charge is 2.16. The van der Waals surface area contributed by atoms with Crippen LogP contribution in [-0.4, -0.2) is 36.7 Å². The summed E-state index contributed by atoms with van der Waals surface area (Å²) in [6.07, 6.45) is 6.18. The third-order valence-electron chi connectivity index (χ3n) is 2.96. The molecule has 0 aliphatic carbocycles. The molecule has 84 valence electrons. The molecule has 2 N–H and O–H groups in total. The Balaban J connectivity index is 2.05. The molecule has 0 spiro atoms. The molecule has 1 fully saturated rings. The Kier molecular flexibility index (Phi) is 5.90. The van der Waals surface area contributed by atoms with Crippen LogP contribution in [0.2, 0.25) is 0 Å². The minimum atomic E-state index is 0.653. The van der Waals surface area contributed by atoms with Crippen LogP contribution in [0.15, 0.2) is 0 Å². The lowest BCUT2D eigenvalue weighted by atomic mass is 10.1. The van der Waals surface area contributed by atoms with Crippen molar-refractivity contribution in [2.45, 2.75) is 50.4 Å². The number of nitrogens with one attached hydrogen (secondary N) is 2. The average molecular weight is 216 g/mol. The fraction of sp³-hybridized carbons (Fsp3) is 1.00. The van der Waals surface area contributed by atoms with E-state index in [9.17, 15) is 0 Å². The summed E-state index contributed by atoms with van der Waals surface area (Å²) in [5, 5.41) is 7.87. The molecule has 0 saturated carbocycles. The van der Waals surface area contributed by atoms with Crippen LogP contribution in [0, 0.1) is 0 Å². The molecular formula is C11H24N2S. The molecule has 3 heteroatoms. The summed E-state index contributed by atoms with van der Waals surface area (Å²) in [6.45, 7) is 6.93. The van der Waals surface area contributed by atoms with Gasteiger partial charge < -0.3 is 10.6 Å². The highest BCUT2D eigenvalue weighted by atomic mass is 32.2. The lowest BCUT2D eigenvalue weighted by molar-refractivity contribution is 0.443. The molecule has 0 amide bonds. The minimum Gasteiger partial charge on any atom is -0.314 e. The van der Waals surface area contributed by atoms with E-state index >= 15 is 0 Å². The van der Waals surface area contributed by atoms with Gasteiger partial charge in [0, 0.05) is 23.9 Å². The maximum atomic E-state index is 3.60. The van der Waals surface area contributed by atoms with Crippen molar-refractivity contribution in [1.82, 2.24) is 10.6 Å². The maximum Gasteiger partial charge on any atom is 0.0141 e. The summed E-state index contributed by atoms with van der Waals surface area (Å²) >= 11 is 1.93. The van der Waals surface area contributed by atoms with Gasteiger partial charge in [0.15, 0.2) is 0 Å². The molecule has 0 bridgehead atoms. The SMILES string of the molecule is CSC(C)CNC(C)CC1CCCN1. The monoisotopic (exact) mass is 216 g/mol. The Bertz CT molecular complexity index is 146. The van der Waals surface area contributed by atoms with Gasteiger partial charge in [0.2, 0.25) is 0 Å². The number of hydrogen-bond acceptors (Lipinski definition) is 3. The van der Waals surface area contributed by atoms with Crippen molar-refractivity contribution in [3.05, 3.63) is 0 Å². The molecule has 0 aromatic heterocycles. The molecule has 1 aliphatic rings. The van der Waals surface area contributed by atoms with Crippen LogP contribution in [0.1, 0.15) is 33.1 Å². The van der Waals surface area contributed by atoms with Crippen molar-refractivity contribution in [3.63, 3.8) is 0 Å². The summed E-state index contributed by atoms with van der Waals surface area (Å²) in [5.74, 6) is 0. The van der Waals surface area contributed by atoms with E-state index in [1.807, 2.05) is 11.8 Å². The third-order valence-corrected chi connectivity index (χ3v) is 3.93.